The van der Waals surface area contributed by atoms with E-state index in [-0.39, 0.29) is 5.92 Å². The molecule has 1 aliphatic carbocycles. The van der Waals surface area contributed by atoms with Crippen molar-refractivity contribution in [1.29, 1.82) is 0 Å². The maximum Gasteiger partial charge on any atom is 0.225 e. The fourth-order valence-corrected chi connectivity index (χ4v) is 5.64. The highest BCUT2D eigenvalue weighted by Crippen LogP contribution is 2.54. The van der Waals surface area contributed by atoms with Gasteiger partial charge in [0, 0.05) is 19.0 Å². The van der Waals surface area contributed by atoms with E-state index in [2.05, 4.69) is 32.6 Å². The average molecular weight is 364 g/mol. The lowest BCUT2D eigenvalue weighted by Gasteiger charge is -2.53. The minimum absolute atomic E-state index is 0.228. The molecule has 152 valence electrons. The van der Waals surface area contributed by atoms with Crippen LogP contribution in [0.5, 0.6) is 0 Å². The zero-order valence-corrected chi connectivity index (χ0v) is 18.2. The van der Waals surface area contributed by atoms with Gasteiger partial charge in [-0.3, -0.25) is 4.79 Å². The summed E-state index contributed by atoms with van der Waals surface area (Å²) in [6.45, 7) is 11.1. The molecule has 1 aliphatic heterocycles. The monoisotopic (exact) mass is 363 g/mol. The first-order valence-corrected chi connectivity index (χ1v) is 11.8. The molecule has 2 heteroatoms. The summed E-state index contributed by atoms with van der Waals surface area (Å²) >= 11 is 0. The molecule has 0 aromatic rings. The van der Waals surface area contributed by atoms with Crippen LogP contribution in [0.25, 0.3) is 0 Å². The molecule has 0 radical (unpaired) electrons. The molecule has 2 rings (SSSR count). The smallest absolute Gasteiger partial charge is 0.225 e. The van der Waals surface area contributed by atoms with Crippen LogP contribution in [0.3, 0.4) is 0 Å². The van der Waals surface area contributed by atoms with Gasteiger partial charge in [-0.25, -0.2) is 0 Å². The van der Waals surface area contributed by atoms with Gasteiger partial charge in [0.05, 0.1) is 0 Å². The van der Waals surface area contributed by atoms with Gasteiger partial charge in [-0.1, -0.05) is 72.6 Å². The minimum atomic E-state index is 0.228. The zero-order valence-electron chi connectivity index (χ0n) is 18.2. The van der Waals surface area contributed by atoms with Gasteiger partial charge >= 0.3 is 0 Å². The Bertz CT molecular complexity index is 402. The molecule has 0 aromatic carbocycles. The van der Waals surface area contributed by atoms with Crippen molar-refractivity contribution >= 4 is 5.91 Å². The highest BCUT2D eigenvalue weighted by molar-refractivity contribution is 5.78. The molecule has 2 nitrogen and oxygen atoms in total. The molecule has 1 spiro atoms. The Morgan fingerprint density at radius 3 is 2.15 bits per heavy atom. The third-order valence-electron chi connectivity index (χ3n) is 7.32. The molecular weight excluding hydrogens is 318 g/mol. The molecule has 2 fully saturated rings. The van der Waals surface area contributed by atoms with Crippen molar-refractivity contribution in [3.63, 3.8) is 0 Å². The van der Waals surface area contributed by atoms with E-state index in [9.17, 15) is 4.79 Å². The summed E-state index contributed by atoms with van der Waals surface area (Å²) in [5.41, 5.74) is 0.607. The number of hydrogen-bond acceptors (Lipinski definition) is 1. The normalized spacial score (nSPS) is 22.2. The topological polar surface area (TPSA) is 20.3 Å². The van der Waals surface area contributed by atoms with E-state index in [1.54, 1.807) is 0 Å². The summed E-state index contributed by atoms with van der Waals surface area (Å²) in [7, 11) is 0. The number of piperidine rings is 1. The van der Waals surface area contributed by atoms with Gasteiger partial charge in [0.25, 0.3) is 0 Å². The van der Waals surface area contributed by atoms with Crippen molar-refractivity contribution in [3.05, 3.63) is 0 Å². The second kappa shape index (κ2) is 10.7. The predicted molar refractivity (Wildman–Crippen MR) is 112 cm³/mol. The van der Waals surface area contributed by atoms with Crippen molar-refractivity contribution in [2.75, 3.05) is 13.1 Å². The lowest BCUT2D eigenvalue weighted by atomic mass is 9.55. The van der Waals surface area contributed by atoms with Crippen LogP contribution in [0.2, 0.25) is 0 Å². The number of amides is 1. The molecule has 0 aromatic heterocycles. The first kappa shape index (κ1) is 21.8. The van der Waals surface area contributed by atoms with E-state index >= 15 is 0 Å². The maximum absolute atomic E-state index is 12.6. The summed E-state index contributed by atoms with van der Waals surface area (Å²) in [6.07, 6.45) is 17.3. The Morgan fingerprint density at radius 1 is 0.962 bits per heavy atom. The highest BCUT2D eigenvalue weighted by Gasteiger charge is 2.46. The molecule has 1 saturated heterocycles. The molecule has 26 heavy (non-hydrogen) atoms. The second-order valence-corrected chi connectivity index (χ2v) is 9.68. The first-order chi connectivity index (χ1) is 12.5. The van der Waals surface area contributed by atoms with Crippen molar-refractivity contribution in [2.24, 2.45) is 23.2 Å². The lowest BCUT2D eigenvalue weighted by Crippen LogP contribution is -2.50. The summed E-state index contributed by atoms with van der Waals surface area (Å²) < 4.78 is 0. The summed E-state index contributed by atoms with van der Waals surface area (Å²) in [4.78, 5) is 14.8. The number of carbonyl (C=O) groups is 1. The molecule has 1 amide bonds. The Hall–Kier alpha value is -0.530. The standard InChI is InChI=1S/C24H45NO/c1-5-8-11-20(4)23(26)25-15-13-24(14-16-25)18-22(19-24)17-21(10-7-3)12-9-6-2/h20-22H,5-19H2,1-4H3. The Labute approximate surface area is 163 Å². The van der Waals surface area contributed by atoms with Gasteiger partial charge in [0.1, 0.15) is 0 Å². The van der Waals surface area contributed by atoms with Gasteiger partial charge in [-0.2, -0.15) is 0 Å². The van der Waals surface area contributed by atoms with E-state index in [1.165, 1.54) is 77.0 Å². The van der Waals surface area contributed by atoms with Crippen LogP contribution in [0, 0.1) is 23.2 Å². The molecule has 2 atom stereocenters. The van der Waals surface area contributed by atoms with Crippen LogP contribution >= 0.6 is 0 Å². The van der Waals surface area contributed by atoms with Crippen LogP contribution in [-0.2, 0) is 4.79 Å². The van der Waals surface area contributed by atoms with Gasteiger partial charge in [-0.05, 0) is 55.8 Å². The predicted octanol–water partition coefficient (Wildman–Crippen LogP) is 6.83. The third-order valence-corrected chi connectivity index (χ3v) is 7.32. The van der Waals surface area contributed by atoms with Gasteiger partial charge in [0.2, 0.25) is 5.91 Å². The largest absolute Gasteiger partial charge is 0.342 e. The van der Waals surface area contributed by atoms with Crippen LogP contribution < -0.4 is 0 Å². The fourth-order valence-electron chi connectivity index (χ4n) is 5.64. The highest BCUT2D eigenvalue weighted by atomic mass is 16.2. The molecule has 0 N–H and O–H groups in total. The summed E-state index contributed by atoms with van der Waals surface area (Å²) in [5, 5.41) is 0. The maximum atomic E-state index is 12.6. The van der Waals surface area contributed by atoms with Crippen LogP contribution in [0.4, 0.5) is 0 Å². The van der Waals surface area contributed by atoms with Gasteiger partial charge in [-0.15, -0.1) is 0 Å². The number of hydrogen-bond donors (Lipinski definition) is 0. The van der Waals surface area contributed by atoms with E-state index in [0.29, 0.717) is 11.3 Å². The van der Waals surface area contributed by atoms with Crippen molar-refractivity contribution in [2.45, 2.75) is 111 Å². The number of likely N-dealkylation sites (tertiary alicyclic amines) is 1. The van der Waals surface area contributed by atoms with Crippen molar-refractivity contribution in [3.8, 4) is 0 Å². The minimum Gasteiger partial charge on any atom is -0.342 e. The van der Waals surface area contributed by atoms with E-state index in [0.717, 1.165) is 31.3 Å². The molecular formula is C24H45NO. The van der Waals surface area contributed by atoms with E-state index in [4.69, 9.17) is 0 Å². The number of unbranched alkanes of at least 4 members (excludes halogenated alkanes) is 2. The number of nitrogens with zero attached hydrogens (tertiary/aromatic N) is 1. The van der Waals surface area contributed by atoms with Crippen molar-refractivity contribution < 1.29 is 4.79 Å². The third kappa shape index (κ3) is 5.99. The fraction of sp³-hybridized carbons (Fsp3) is 0.958. The molecule has 2 aliphatic rings. The first-order valence-electron chi connectivity index (χ1n) is 11.8. The average Bonchev–Trinajstić information content (AvgIpc) is 2.63. The zero-order chi connectivity index (χ0) is 19.0. The number of rotatable bonds is 11. The van der Waals surface area contributed by atoms with Crippen molar-refractivity contribution in [1.82, 2.24) is 4.90 Å². The quantitative estimate of drug-likeness (QED) is 0.394. The van der Waals surface area contributed by atoms with Gasteiger partial charge in [0.15, 0.2) is 0 Å². The Morgan fingerprint density at radius 2 is 1.58 bits per heavy atom. The van der Waals surface area contributed by atoms with Crippen LogP contribution in [0.1, 0.15) is 111 Å². The summed E-state index contributed by atoms with van der Waals surface area (Å²) in [5.74, 6) is 2.61. The van der Waals surface area contributed by atoms with E-state index < -0.39 is 0 Å². The summed E-state index contributed by atoms with van der Waals surface area (Å²) in [6, 6.07) is 0. The molecule has 2 unspecified atom stereocenters. The molecule has 0 bridgehead atoms. The second-order valence-electron chi connectivity index (χ2n) is 9.68. The molecule has 1 saturated carbocycles. The Kier molecular flexibility index (Phi) is 8.97. The van der Waals surface area contributed by atoms with Crippen LogP contribution in [0.15, 0.2) is 0 Å². The van der Waals surface area contributed by atoms with E-state index in [1.807, 2.05) is 0 Å². The van der Waals surface area contributed by atoms with Gasteiger partial charge < -0.3 is 4.90 Å². The lowest BCUT2D eigenvalue weighted by molar-refractivity contribution is -0.139. The van der Waals surface area contributed by atoms with Crippen LogP contribution in [-0.4, -0.2) is 23.9 Å². The SMILES string of the molecule is CCCCC(CCC)CC1CC2(CCN(C(=O)C(C)CCCC)CC2)C1. The molecule has 1 heterocycles. The number of carbonyl (C=O) groups excluding carboxylic acids is 1. The Balaban J connectivity index is 1.71.